The fourth-order valence-electron chi connectivity index (χ4n) is 15.7. The number of fused-ring (bicyclic) bond motifs is 10. The number of anilines is 3. The zero-order valence-corrected chi connectivity index (χ0v) is 55.7. The zero-order valence-electron chi connectivity index (χ0n) is 55.7. The third-order valence-electron chi connectivity index (χ3n) is 20.5. The van der Waals surface area contributed by atoms with E-state index in [1.165, 1.54) is 111 Å². The first-order valence-electron chi connectivity index (χ1n) is 33.3. The van der Waals surface area contributed by atoms with Crippen LogP contribution in [0, 0.1) is 0 Å². The average Bonchev–Trinajstić information content (AvgIpc) is 1.51. The van der Waals surface area contributed by atoms with Crippen molar-refractivity contribution >= 4 is 62.0 Å². The topological polar surface area (TPSA) is 17.4 Å². The van der Waals surface area contributed by atoms with Crippen LogP contribution >= 0.6 is 0 Å². The minimum absolute atomic E-state index is 0.0195. The Labute approximate surface area is 550 Å². The molecule has 0 fully saturated rings. The molecule has 1 aromatic heterocycles. The fraction of sp³-hybridized carbons (Fsp3) is 0.191. The average molecular weight is 1200 g/mol. The van der Waals surface area contributed by atoms with E-state index < -0.39 is 5.41 Å². The van der Waals surface area contributed by atoms with Crippen molar-refractivity contribution in [3.05, 3.63) is 305 Å². The Morgan fingerprint density at radius 3 is 1.41 bits per heavy atom. The monoisotopic (exact) mass is 1200 g/mol. The normalized spacial score (nSPS) is 13.9. The zero-order chi connectivity index (χ0) is 64.1. The van der Waals surface area contributed by atoms with Crippen molar-refractivity contribution < 1.29 is 4.74 Å². The fourth-order valence-corrected chi connectivity index (χ4v) is 15.7. The van der Waals surface area contributed by atoms with Gasteiger partial charge in [-0.2, -0.15) is 0 Å². The van der Waals surface area contributed by atoms with E-state index in [1.807, 2.05) is 0 Å². The molecule has 12 aromatic carbocycles. The van der Waals surface area contributed by atoms with Crippen LogP contribution < -0.4 is 26.0 Å². The van der Waals surface area contributed by atoms with Gasteiger partial charge in [-0.1, -0.05) is 277 Å². The van der Waals surface area contributed by atoms with Crippen LogP contribution in [-0.2, 0) is 27.1 Å². The predicted octanol–water partition coefficient (Wildman–Crippen LogP) is 21.7. The molecule has 454 valence electrons. The molecule has 3 aliphatic rings. The van der Waals surface area contributed by atoms with Crippen molar-refractivity contribution in [2.24, 2.45) is 0 Å². The summed E-state index contributed by atoms with van der Waals surface area (Å²) in [6.07, 6.45) is 0. The Balaban J connectivity index is 1.01. The lowest BCUT2D eigenvalue weighted by molar-refractivity contribution is 0.483. The molecule has 0 N–H and O–H groups in total. The molecule has 1 aliphatic carbocycles. The Morgan fingerprint density at radius 2 is 0.849 bits per heavy atom. The lowest BCUT2D eigenvalue weighted by atomic mass is 9.34. The highest BCUT2D eigenvalue weighted by Crippen LogP contribution is 2.59. The van der Waals surface area contributed by atoms with E-state index in [9.17, 15) is 0 Å². The largest absolute Gasteiger partial charge is 0.458 e. The van der Waals surface area contributed by atoms with Gasteiger partial charge in [0, 0.05) is 45.0 Å². The van der Waals surface area contributed by atoms with E-state index in [2.05, 4.69) is 353 Å². The summed E-state index contributed by atoms with van der Waals surface area (Å²) in [6.45, 7) is 27.7. The van der Waals surface area contributed by atoms with Crippen LogP contribution in [0.5, 0.6) is 11.5 Å². The third kappa shape index (κ3) is 9.22. The molecule has 0 amide bonds. The van der Waals surface area contributed by atoms with E-state index >= 15 is 0 Å². The highest BCUT2D eigenvalue weighted by molar-refractivity contribution is 6.99. The molecule has 16 rings (SSSR count). The van der Waals surface area contributed by atoms with Crippen molar-refractivity contribution in [1.82, 2.24) is 4.57 Å². The van der Waals surface area contributed by atoms with E-state index in [-0.39, 0.29) is 28.4 Å². The third-order valence-corrected chi connectivity index (χ3v) is 20.5. The summed E-state index contributed by atoms with van der Waals surface area (Å²) in [5.41, 5.74) is 29.1. The van der Waals surface area contributed by atoms with E-state index in [1.54, 1.807) is 0 Å². The standard InChI is InChI=1S/C89H79BN2O/c1-85(2,3)61-41-46-76-71(49-61)72-50-62(86(4,5)6)42-47-77(72)91(76)65-43-44-74-80(55-65)93-81-54-64(88(10,11)12)53-79-83(81)90(74)75-48-58(66-37-27-38-68-67-36-25-26-39-73(67)89(82(66)68,59-32-21-15-22-33-59)60-34-23-16-24-35-60)40-45-78(75)92(79)84-69(56-28-17-13-18-29-56)51-63(87(7,8)9)52-70(84)57-30-19-14-20-31-57/h13-55H,1-12H3. The molecule has 0 saturated heterocycles. The predicted molar refractivity (Wildman–Crippen MR) is 395 cm³/mol. The number of rotatable bonds is 7. The highest BCUT2D eigenvalue weighted by atomic mass is 16.5. The van der Waals surface area contributed by atoms with Crippen molar-refractivity contribution in [3.63, 3.8) is 0 Å². The lowest BCUT2D eigenvalue weighted by Crippen LogP contribution is -2.59. The van der Waals surface area contributed by atoms with E-state index in [0.29, 0.717) is 0 Å². The highest BCUT2D eigenvalue weighted by Gasteiger charge is 2.49. The minimum atomic E-state index is -0.614. The molecule has 0 atom stereocenters. The van der Waals surface area contributed by atoms with Crippen molar-refractivity contribution in [3.8, 4) is 61.7 Å². The lowest BCUT2D eigenvalue weighted by Gasteiger charge is -2.43. The van der Waals surface area contributed by atoms with Gasteiger partial charge < -0.3 is 14.2 Å². The van der Waals surface area contributed by atoms with Crippen LogP contribution in [0.3, 0.4) is 0 Å². The maximum Gasteiger partial charge on any atom is 0.256 e. The molecule has 93 heavy (non-hydrogen) atoms. The van der Waals surface area contributed by atoms with Gasteiger partial charge in [0.2, 0.25) is 0 Å². The molecular weight excluding hydrogens is 1120 g/mol. The molecule has 4 heteroatoms. The Kier molecular flexibility index (Phi) is 13.2. The quantitative estimate of drug-likeness (QED) is 0.148. The smallest absolute Gasteiger partial charge is 0.256 e. The number of ether oxygens (including phenoxy) is 1. The summed E-state index contributed by atoms with van der Waals surface area (Å²) in [4.78, 5) is 2.64. The first-order valence-corrected chi connectivity index (χ1v) is 33.3. The van der Waals surface area contributed by atoms with Crippen LogP contribution in [0.2, 0.25) is 0 Å². The Bertz CT molecular complexity index is 4970. The van der Waals surface area contributed by atoms with Gasteiger partial charge in [-0.25, -0.2) is 0 Å². The Morgan fingerprint density at radius 1 is 0.344 bits per heavy atom. The molecule has 13 aromatic rings. The van der Waals surface area contributed by atoms with Crippen LogP contribution in [0.25, 0.3) is 72.0 Å². The number of aromatic nitrogens is 1. The van der Waals surface area contributed by atoms with Gasteiger partial charge in [0.1, 0.15) is 11.5 Å². The molecule has 0 spiro atoms. The van der Waals surface area contributed by atoms with Crippen molar-refractivity contribution in [2.45, 2.75) is 110 Å². The summed E-state index contributed by atoms with van der Waals surface area (Å²) in [6, 6.07) is 99.4. The minimum Gasteiger partial charge on any atom is -0.458 e. The first-order chi connectivity index (χ1) is 44.7. The van der Waals surface area contributed by atoms with E-state index in [0.717, 1.165) is 50.8 Å². The molecule has 0 unspecified atom stereocenters. The van der Waals surface area contributed by atoms with Crippen molar-refractivity contribution in [1.29, 1.82) is 0 Å². The van der Waals surface area contributed by atoms with Gasteiger partial charge in [-0.05, 0) is 177 Å². The molecule has 0 saturated carbocycles. The van der Waals surface area contributed by atoms with E-state index in [4.69, 9.17) is 4.74 Å². The second-order valence-corrected chi connectivity index (χ2v) is 30.5. The molecule has 0 radical (unpaired) electrons. The van der Waals surface area contributed by atoms with Gasteiger partial charge in [-0.3, -0.25) is 0 Å². The van der Waals surface area contributed by atoms with Crippen LogP contribution in [-0.4, -0.2) is 11.3 Å². The van der Waals surface area contributed by atoms with Gasteiger partial charge in [0.15, 0.2) is 0 Å². The van der Waals surface area contributed by atoms with Gasteiger partial charge in [0.25, 0.3) is 6.71 Å². The number of hydrogen-bond acceptors (Lipinski definition) is 2. The van der Waals surface area contributed by atoms with Crippen LogP contribution in [0.1, 0.15) is 128 Å². The number of benzene rings is 12. The van der Waals surface area contributed by atoms with Gasteiger partial charge >= 0.3 is 0 Å². The first kappa shape index (κ1) is 58.2. The maximum atomic E-state index is 7.74. The summed E-state index contributed by atoms with van der Waals surface area (Å²) in [5, 5.41) is 2.53. The number of nitrogens with zero attached hydrogens (tertiary/aromatic N) is 2. The van der Waals surface area contributed by atoms with Gasteiger partial charge in [-0.15, -0.1) is 0 Å². The summed E-state index contributed by atoms with van der Waals surface area (Å²) < 4.78 is 10.2. The molecule has 3 nitrogen and oxygen atoms in total. The number of hydrogen-bond donors (Lipinski definition) is 0. The SMILES string of the molecule is CC(C)(C)c1cc(-c2ccccc2)c(N2c3ccc(-c4cccc5c4C(c4ccccc4)(c4ccccc4)c4ccccc4-5)cc3B3c4ccc(-n5c6ccc(C(C)(C)C)cc6c6cc(C(C)(C)C)ccc65)cc4Oc4cc(C(C)(C)C)cc2c43)c(-c2ccccc2)c1. The van der Waals surface area contributed by atoms with Crippen LogP contribution in [0.4, 0.5) is 17.1 Å². The molecule has 2 aliphatic heterocycles. The van der Waals surface area contributed by atoms with Crippen LogP contribution in [0.15, 0.2) is 261 Å². The van der Waals surface area contributed by atoms with Gasteiger partial charge in [0.05, 0.1) is 22.1 Å². The molecular formula is C89H79BN2O. The maximum absolute atomic E-state index is 7.74. The molecule has 3 heterocycles. The summed E-state index contributed by atoms with van der Waals surface area (Å²) in [7, 11) is 0. The second kappa shape index (κ2) is 21.1. The van der Waals surface area contributed by atoms with Crippen molar-refractivity contribution in [2.75, 3.05) is 4.90 Å². The second-order valence-electron chi connectivity index (χ2n) is 30.5. The Hall–Kier alpha value is -9.90. The summed E-state index contributed by atoms with van der Waals surface area (Å²) >= 11 is 0. The molecule has 0 bridgehead atoms. The summed E-state index contributed by atoms with van der Waals surface area (Å²) in [5.74, 6) is 1.75.